The zero-order chi connectivity index (χ0) is 21.5. The van der Waals surface area contributed by atoms with Gasteiger partial charge in [0.2, 0.25) is 5.91 Å². The molecule has 7 heteroatoms. The molecule has 30 heavy (non-hydrogen) atoms. The van der Waals surface area contributed by atoms with Crippen LogP contribution in [0, 0.1) is 0 Å². The van der Waals surface area contributed by atoms with E-state index in [0.717, 1.165) is 16.9 Å². The Kier molecular flexibility index (Phi) is 7.30. The lowest BCUT2D eigenvalue weighted by Gasteiger charge is -2.20. The number of amidine groups is 1. The lowest BCUT2D eigenvalue weighted by molar-refractivity contribution is -0.123. The van der Waals surface area contributed by atoms with Crippen molar-refractivity contribution in [2.24, 2.45) is 4.99 Å². The third-order valence-corrected chi connectivity index (χ3v) is 5.61. The second kappa shape index (κ2) is 10.1. The van der Waals surface area contributed by atoms with Gasteiger partial charge in [-0.2, -0.15) is 0 Å². The minimum Gasteiger partial charge on any atom is -0.497 e. The molecule has 1 N–H and O–H groups in total. The molecule has 0 saturated carbocycles. The van der Waals surface area contributed by atoms with Crippen LogP contribution in [-0.4, -0.2) is 40.8 Å². The van der Waals surface area contributed by atoms with E-state index in [1.807, 2.05) is 68.4 Å². The summed E-state index contributed by atoms with van der Waals surface area (Å²) in [6.45, 7) is 4.65. The van der Waals surface area contributed by atoms with Crippen LogP contribution in [-0.2, 0) is 16.1 Å². The normalized spacial score (nSPS) is 15.8. The van der Waals surface area contributed by atoms with Gasteiger partial charge >= 0.3 is 0 Å². The fourth-order valence-electron chi connectivity index (χ4n) is 2.91. The first-order valence-corrected chi connectivity index (χ1v) is 10.6. The van der Waals surface area contributed by atoms with Crippen LogP contribution in [0.2, 0.25) is 0 Å². The van der Waals surface area contributed by atoms with E-state index in [-0.39, 0.29) is 17.1 Å². The van der Waals surface area contributed by atoms with Crippen molar-refractivity contribution in [1.82, 2.24) is 10.2 Å². The molecule has 0 unspecified atom stereocenters. The highest BCUT2D eigenvalue weighted by molar-refractivity contribution is 8.14. The molecule has 0 saturated heterocycles. The summed E-state index contributed by atoms with van der Waals surface area (Å²) in [5.41, 5.74) is 2.20. The number of carbonyl (C=O) groups is 2. The third kappa shape index (κ3) is 5.30. The number of aliphatic imine (C=N–C) groups is 1. The fourth-order valence-corrected chi connectivity index (χ4v) is 3.85. The van der Waals surface area contributed by atoms with E-state index in [0.29, 0.717) is 24.0 Å². The van der Waals surface area contributed by atoms with E-state index in [2.05, 4.69) is 10.3 Å². The number of rotatable bonds is 7. The van der Waals surface area contributed by atoms with Gasteiger partial charge < -0.3 is 10.1 Å². The van der Waals surface area contributed by atoms with Crippen LogP contribution in [0.25, 0.3) is 6.08 Å². The Labute approximate surface area is 181 Å². The Morgan fingerprint density at radius 2 is 1.90 bits per heavy atom. The average molecular weight is 424 g/mol. The Morgan fingerprint density at radius 1 is 1.20 bits per heavy atom. The van der Waals surface area contributed by atoms with Crippen molar-refractivity contribution in [3.05, 3.63) is 71.4 Å². The minimum absolute atomic E-state index is 0.0788. The number of amides is 2. The van der Waals surface area contributed by atoms with Crippen molar-refractivity contribution in [3.63, 3.8) is 0 Å². The second-order valence-electron chi connectivity index (χ2n) is 6.73. The lowest BCUT2D eigenvalue weighted by atomic mass is 10.1. The van der Waals surface area contributed by atoms with Crippen LogP contribution in [0.1, 0.15) is 25.0 Å². The van der Waals surface area contributed by atoms with Crippen LogP contribution < -0.4 is 10.1 Å². The number of ether oxygens (including phenoxy) is 1. The first-order valence-electron chi connectivity index (χ1n) is 9.76. The van der Waals surface area contributed by atoms with Crippen LogP contribution in [0.15, 0.2) is 65.3 Å². The highest BCUT2D eigenvalue weighted by atomic mass is 32.2. The van der Waals surface area contributed by atoms with Gasteiger partial charge in [-0.25, -0.2) is 4.99 Å². The number of hydrogen-bond donors (Lipinski definition) is 1. The van der Waals surface area contributed by atoms with Crippen molar-refractivity contribution in [1.29, 1.82) is 0 Å². The number of hydrogen-bond acceptors (Lipinski definition) is 5. The molecular formula is C23H25N3O3S. The zero-order valence-corrected chi connectivity index (χ0v) is 18.1. The summed E-state index contributed by atoms with van der Waals surface area (Å²) in [7, 11) is 1.61. The molecule has 156 valence electrons. The molecule has 2 aromatic rings. The van der Waals surface area contributed by atoms with E-state index in [1.165, 1.54) is 11.8 Å². The number of carbonyl (C=O) groups excluding carboxylic acids is 2. The van der Waals surface area contributed by atoms with E-state index >= 15 is 0 Å². The Hall–Kier alpha value is -3.06. The lowest BCUT2D eigenvalue weighted by Crippen LogP contribution is -2.35. The number of thioether (sulfide) groups is 1. The quantitative estimate of drug-likeness (QED) is 0.690. The Morgan fingerprint density at radius 3 is 2.53 bits per heavy atom. The summed E-state index contributed by atoms with van der Waals surface area (Å²) in [6, 6.07) is 17.2. The smallest absolute Gasteiger partial charge is 0.278 e. The first-order chi connectivity index (χ1) is 14.5. The molecule has 0 radical (unpaired) electrons. The van der Waals surface area contributed by atoms with Crippen molar-refractivity contribution >= 4 is 34.8 Å². The molecule has 3 rings (SSSR count). The van der Waals surface area contributed by atoms with Crippen molar-refractivity contribution in [2.45, 2.75) is 25.6 Å². The summed E-state index contributed by atoms with van der Waals surface area (Å²) in [6.07, 6.45) is 1.75. The topological polar surface area (TPSA) is 71.0 Å². The maximum Gasteiger partial charge on any atom is 0.278 e. The Balaban J connectivity index is 1.87. The van der Waals surface area contributed by atoms with Gasteiger partial charge in [0.1, 0.15) is 11.4 Å². The van der Waals surface area contributed by atoms with Gasteiger partial charge in [0, 0.05) is 6.54 Å². The average Bonchev–Trinajstić information content (AvgIpc) is 3.04. The van der Waals surface area contributed by atoms with Crippen molar-refractivity contribution < 1.29 is 14.3 Å². The van der Waals surface area contributed by atoms with Crippen LogP contribution in [0.5, 0.6) is 5.75 Å². The van der Waals surface area contributed by atoms with E-state index < -0.39 is 0 Å². The van der Waals surface area contributed by atoms with Gasteiger partial charge in [0.15, 0.2) is 5.17 Å². The van der Waals surface area contributed by atoms with Crippen LogP contribution >= 0.6 is 11.8 Å². The van der Waals surface area contributed by atoms with Gasteiger partial charge in [0.05, 0.1) is 18.9 Å². The number of nitrogens with one attached hydrogen (secondary N) is 1. The summed E-state index contributed by atoms with van der Waals surface area (Å²) in [5, 5.41) is 2.98. The molecule has 0 aliphatic carbocycles. The molecule has 1 heterocycles. The van der Waals surface area contributed by atoms with E-state index in [4.69, 9.17) is 4.74 Å². The van der Waals surface area contributed by atoms with Crippen molar-refractivity contribution in [2.75, 3.05) is 13.7 Å². The summed E-state index contributed by atoms with van der Waals surface area (Å²) >= 11 is 1.29. The molecule has 1 atom stereocenters. The third-order valence-electron chi connectivity index (χ3n) is 4.52. The molecule has 1 aliphatic heterocycles. The Bertz CT molecular complexity index is 955. The summed E-state index contributed by atoms with van der Waals surface area (Å²) in [5.74, 6) is 0.487. The molecule has 2 aromatic carbocycles. The van der Waals surface area contributed by atoms with Gasteiger partial charge in [-0.3, -0.25) is 14.5 Å². The summed E-state index contributed by atoms with van der Waals surface area (Å²) < 4.78 is 5.18. The maximum absolute atomic E-state index is 13.1. The first kappa shape index (κ1) is 21.6. The van der Waals surface area contributed by atoms with E-state index in [1.54, 1.807) is 18.1 Å². The molecule has 0 aromatic heterocycles. The standard InChI is InChI=1S/C23H25N3O3S/c1-4-24-21(27)16(2)30-23-25-20(14-17-10-12-19(29-3)13-11-17)22(28)26(23)15-18-8-6-5-7-9-18/h5-14,16H,4,15H2,1-3H3,(H,24,27)/b20-14-/t16-/m1/s1. The highest BCUT2D eigenvalue weighted by Crippen LogP contribution is 2.28. The maximum atomic E-state index is 13.1. The molecular weight excluding hydrogens is 398 g/mol. The van der Waals surface area contributed by atoms with E-state index in [9.17, 15) is 9.59 Å². The largest absolute Gasteiger partial charge is 0.497 e. The molecule has 6 nitrogen and oxygen atoms in total. The number of methoxy groups -OCH3 is 1. The predicted octanol–water partition coefficient (Wildman–Crippen LogP) is 3.69. The van der Waals surface area contributed by atoms with Gasteiger partial charge in [0.25, 0.3) is 5.91 Å². The fraction of sp³-hybridized carbons (Fsp3) is 0.261. The zero-order valence-electron chi connectivity index (χ0n) is 17.3. The monoisotopic (exact) mass is 423 g/mol. The van der Waals surface area contributed by atoms with Gasteiger partial charge in [-0.15, -0.1) is 0 Å². The van der Waals surface area contributed by atoms with Crippen LogP contribution in [0.4, 0.5) is 0 Å². The number of nitrogens with zero attached hydrogens (tertiary/aromatic N) is 2. The SMILES string of the molecule is CCNC(=O)[C@@H](C)SC1=N/C(=C\c2ccc(OC)cc2)C(=O)N1Cc1ccccc1. The van der Waals surface area contributed by atoms with Crippen LogP contribution in [0.3, 0.4) is 0 Å². The van der Waals surface area contributed by atoms with Gasteiger partial charge in [-0.05, 0) is 43.2 Å². The van der Waals surface area contributed by atoms with Crippen molar-refractivity contribution in [3.8, 4) is 5.75 Å². The highest BCUT2D eigenvalue weighted by Gasteiger charge is 2.32. The minimum atomic E-state index is -0.366. The molecule has 2 amide bonds. The summed E-state index contributed by atoms with van der Waals surface area (Å²) in [4.78, 5) is 31.5. The predicted molar refractivity (Wildman–Crippen MR) is 121 cm³/mol. The molecule has 0 fully saturated rings. The van der Waals surface area contributed by atoms with Gasteiger partial charge in [-0.1, -0.05) is 54.2 Å². The second-order valence-corrected chi connectivity index (χ2v) is 8.04. The molecule has 0 bridgehead atoms. The molecule has 1 aliphatic rings. The molecule has 0 spiro atoms. The number of benzene rings is 2.